The number of aromatic nitrogens is 4. The number of nitriles is 1. The molecule has 0 bridgehead atoms. The quantitative estimate of drug-likeness (QED) is 0.686. The molecule has 2 heterocycles. The standard InChI is InChI=1S/C12H8N6/c13-5-9-7-16-18(11(9)14)12-10-4-2-1-3-8(10)6-15-17-12/h1-4,6-7H,14H2. The summed E-state index contributed by atoms with van der Waals surface area (Å²) in [5.41, 5.74) is 6.17. The molecule has 0 fully saturated rings. The normalized spacial score (nSPS) is 10.4. The highest BCUT2D eigenvalue weighted by Gasteiger charge is 2.12. The maximum absolute atomic E-state index is 8.87. The average Bonchev–Trinajstić information content (AvgIpc) is 2.79. The van der Waals surface area contributed by atoms with Gasteiger partial charge in [-0.1, -0.05) is 24.3 Å². The molecule has 0 aliphatic carbocycles. The van der Waals surface area contributed by atoms with E-state index in [2.05, 4.69) is 15.3 Å². The van der Waals surface area contributed by atoms with E-state index in [4.69, 9.17) is 11.0 Å². The van der Waals surface area contributed by atoms with Crippen molar-refractivity contribution in [1.82, 2.24) is 20.0 Å². The molecule has 0 atom stereocenters. The Hall–Kier alpha value is -2.94. The Morgan fingerprint density at radius 3 is 2.83 bits per heavy atom. The molecule has 0 amide bonds. The lowest BCUT2D eigenvalue weighted by Crippen LogP contribution is -2.06. The first-order chi connectivity index (χ1) is 8.81. The minimum atomic E-state index is 0.267. The topological polar surface area (TPSA) is 93.4 Å². The summed E-state index contributed by atoms with van der Waals surface area (Å²) in [7, 11) is 0. The lowest BCUT2D eigenvalue weighted by Gasteiger charge is -2.05. The molecular formula is C12H8N6. The van der Waals surface area contributed by atoms with Gasteiger partial charge in [0.05, 0.1) is 12.4 Å². The van der Waals surface area contributed by atoms with E-state index in [1.165, 1.54) is 10.9 Å². The van der Waals surface area contributed by atoms with Gasteiger partial charge < -0.3 is 5.73 Å². The number of nitrogen functional groups attached to an aromatic ring is 1. The lowest BCUT2D eigenvalue weighted by molar-refractivity contribution is 0.834. The van der Waals surface area contributed by atoms with Crippen LogP contribution in [0.25, 0.3) is 16.6 Å². The van der Waals surface area contributed by atoms with Crippen molar-refractivity contribution in [2.24, 2.45) is 0 Å². The number of nitrogens with zero attached hydrogens (tertiary/aromatic N) is 5. The Morgan fingerprint density at radius 1 is 1.22 bits per heavy atom. The predicted octanol–water partition coefficient (Wildman–Crippen LogP) is 1.27. The highest BCUT2D eigenvalue weighted by Crippen LogP contribution is 2.21. The molecule has 0 radical (unpaired) electrons. The van der Waals surface area contributed by atoms with Crippen molar-refractivity contribution in [2.75, 3.05) is 5.73 Å². The molecule has 2 N–H and O–H groups in total. The first kappa shape index (κ1) is 10.2. The third kappa shape index (κ3) is 1.38. The van der Waals surface area contributed by atoms with Crippen LogP contribution in [-0.2, 0) is 0 Å². The van der Waals surface area contributed by atoms with Gasteiger partial charge in [-0.2, -0.15) is 20.1 Å². The van der Waals surface area contributed by atoms with Crippen molar-refractivity contribution < 1.29 is 0 Å². The molecule has 18 heavy (non-hydrogen) atoms. The van der Waals surface area contributed by atoms with Crippen molar-refractivity contribution in [3.8, 4) is 11.9 Å². The van der Waals surface area contributed by atoms with E-state index in [1.807, 2.05) is 30.3 Å². The second kappa shape index (κ2) is 3.82. The molecule has 0 aliphatic heterocycles. The van der Waals surface area contributed by atoms with Gasteiger partial charge in [-0.15, -0.1) is 5.10 Å². The van der Waals surface area contributed by atoms with Crippen LogP contribution in [0.15, 0.2) is 36.7 Å². The molecule has 0 aliphatic rings. The zero-order chi connectivity index (χ0) is 12.5. The Labute approximate surface area is 102 Å². The third-order valence-corrected chi connectivity index (χ3v) is 2.68. The van der Waals surface area contributed by atoms with Gasteiger partial charge >= 0.3 is 0 Å². The highest BCUT2D eigenvalue weighted by molar-refractivity contribution is 5.87. The Kier molecular flexibility index (Phi) is 2.17. The molecule has 0 saturated carbocycles. The summed E-state index contributed by atoms with van der Waals surface area (Å²) < 4.78 is 1.42. The minimum absolute atomic E-state index is 0.267. The van der Waals surface area contributed by atoms with Gasteiger partial charge in [0.25, 0.3) is 0 Å². The summed E-state index contributed by atoms with van der Waals surface area (Å²) in [5, 5.41) is 22.7. The van der Waals surface area contributed by atoms with Crippen LogP contribution in [0.4, 0.5) is 5.82 Å². The van der Waals surface area contributed by atoms with E-state index in [9.17, 15) is 0 Å². The Bertz CT molecular complexity index is 762. The number of hydrogen-bond acceptors (Lipinski definition) is 5. The molecule has 3 rings (SSSR count). The first-order valence-electron chi connectivity index (χ1n) is 5.25. The fourth-order valence-electron chi connectivity index (χ4n) is 1.78. The average molecular weight is 236 g/mol. The van der Waals surface area contributed by atoms with Crippen LogP contribution in [0, 0.1) is 11.3 Å². The van der Waals surface area contributed by atoms with Crippen LogP contribution in [0.1, 0.15) is 5.56 Å². The van der Waals surface area contributed by atoms with Crippen LogP contribution in [0.5, 0.6) is 0 Å². The molecule has 0 spiro atoms. The number of anilines is 1. The fraction of sp³-hybridized carbons (Fsp3) is 0. The van der Waals surface area contributed by atoms with Crippen LogP contribution in [0.2, 0.25) is 0 Å². The van der Waals surface area contributed by atoms with Crippen molar-refractivity contribution in [3.63, 3.8) is 0 Å². The highest BCUT2D eigenvalue weighted by atomic mass is 15.4. The van der Waals surface area contributed by atoms with Gasteiger partial charge in [0.2, 0.25) is 0 Å². The van der Waals surface area contributed by atoms with Crippen LogP contribution < -0.4 is 5.73 Å². The molecule has 0 unspecified atom stereocenters. The number of benzene rings is 1. The Balaban J connectivity index is 2.32. The summed E-state index contributed by atoms with van der Waals surface area (Å²) in [6, 6.07) is 9.63. The van der Waals surface area contributed by atoms with Gasteiger partial charge in [0, 0.05) is 10.8 Å². The van der Waals surface area contributed by atoms with Crippen molar-refractivity contribution in [3.05, 3.63) is 42.2 Å². The van der Waals surface area contributed by atoms with Crippen LogP contribution in [-0.4, -0.2) is 20.0 Å². The summed E-state index contributed by atoms with van der Waals surface area (Å²) in [6.45, 7) is 0. The Morgan fingerprint density at radius 2 is 2.06 bits per heavy atom. The van der Waals surface area contributed by atoms with E-state index in [1.54, 1.807) is 6.20 Å². The molecule has 6 heteroatoms. The van der Waals surface area contributed by atoms with Crippen LogP contribution >= 0.6 is 0 Å². The van der Waals surface area contributed by atoms with Crippen molar-refractivity contribution >= 4 is 16.6 Å². The molecule has 6 nitrogen and oxygen atoms in total. The van der Waals surface area contributed by atoms with E-state index in [0.717, 1.165) is 10.8 Å². The zero-order valence-electron chi connectivity index (χ0n) is 9.28. The number of hydrogen-bond donors (Lipinski definition) is 1. The number of nitrogens with two attached hydrogens (primary N) is 1. The van der Waals surface area contributed by atoms with Crippen molar-refractivity contribution in [1.29, 1.82) is 5.26 Å². The van der Waals surface area contributed by atoms with E-state index >= 15 is 0 Å². The number of fused-ring (bicyclic) bond motifs is 1. The largest absolute Gasteiger partial charge is 0.382 e. The van der Waals surface area contributed by atoms with Crippen LogP contribution in [0.3, 0.4) is 0 Å². The van der Waals surface area contributed by atoms with Gasteiger partial charge in [-0.25, -0.2) is 0 Å². The van der Waals surface area contributed by atoms with Gasteiger partial charge in [-0.05, 0) is 0 Å². The fourth-order valence-corrected chi connectivity index (χ4v) is 1.78. The third-order valence-electron chi connectivity index (χ3n) is 2.68. The SMILES string of the molecule is N#Cc1cnn(-c2nncc3ccccc23)c1N. The summed E-state index contributed by atoms with van der Waals surface area (Å²) in [5.74, 6) is 0.787. The maximum Gasteiger partial charge on any atom is 0.185 e. The smallest absolute Gasteiger partial charge is 0.185 e. The summed E-state index contributed by atoms with van der Waals surface area (Å²) in [6.07, 6.45) is 3.09. The zero-order valence-corrected chi connectivity index (χ0v) is 9.28. The second-order valence-corrected chi connectivity index (χ2v) is 3.72. The number of rotatable bonds is 1. The summed E-state index contributed by atoms with van der Waals surface area (Å²) >= 11 is 0. The van der Waals surface area contributed by atoms with Crippen molar-refractivity contribution in [2.45, 2.75) is 0 Å². The van der Waals surface area contributed by atoms with Gasteiger partial charge in [0.1, 0.15) is 17.5 Å². The van der Waals surface area contributed by atoms with E-state index in [0.29, 0.717) is 11.4 Å². The molecule has 3 aromatic rings. The minimum Gasteiger partial charge on any atom is -0.382 e. The second-order valence-electron chi connectivity index (χ2n) is 3.72. The van der Waals surface area contributed by atoms with E-state index in [-0.39, 0.29) is 5.82 Å². The molecule has 2 aromatic heterocycles. The summed E-state index contributed by atoms with van der Waals surface area (Å²) in [4.78, 5) is 0. The maximum atomic E-state index is 8.87. The first-order valence-corrected chi connectivity index (χ1v) is 5.25. The van der Waals surface area contributed by atoms with E-state index < -0.39 is 0 Å². The molecular weight excluding hydrogens is 228 g/mol. The molecule has 1 aromatic carbocycles. The molecule has 0 saturated heterocycles. The van der Waals surface area contributed by atoms with Gasteiger partial charge in [0.15, 0.2) is 5.82 Å². The predicted molar refractivity (Wildman–Crippen MR) is 65.8 cm³/mol. The lowest BCUT2D eigenvalue weighted by atomic mass is 10.2. The van der Waals surface area contributed by atoms with Gasteiger partial charge in [-0.3, -0.25) is 0 Å². The monoisotopic (exact) mass is 236 g/mol. The molecule has 86 valence electrons.